The minimum atomic E-state index is -3.54. The SMILES string of the molecule is CC(C)N(C)S(=O)(=O)c1ccc(C(=O)NCc2cnc[nH]2)cc1. The molecule has 2 N–H and O–H groups in total. The average Bonchev–Trinajstić information content (AvgIpc) is 3.05. The molecule has 0 aliphatic heterocycles. The van der Waals surface area contributed by atoms with Crippen LogP contribution in [0.4, 0.5) is 0 Å². The third-order valence-electron chi connectivity index (χ3n) is 3.51. The number of aromatic amines is 1. The van der Waals surface area contributed by atoms with Crippen LogP contribution in [-0.4, -0.2) is 41.7 Å². The third-order valence-corrected chi connectivity index (χ3v) is 5.56. The van der Waals surface area contributed by atoms with Crippen molar-refractivity contribution in [2.45, 2.75) is 31.3 Å². The molecule has 0 bridgehead atoms. The summed E-state index contributed by atoms with van der Waals surface area (Å²) in [6, 6.07) is 5.75. The fraction of sp³-hybridized carbons (Fsp3) is 0.333. The zero-order valence-corrected chi connectivity index (χ0v) is 14.1. The van der Waals surface area contributed by atoms with Crippen molar-refractivity contribution in [3.63, 3.8) is 0 Å². The second kappa shape index (κ2) is 6.93. The lowest BCUT2D eigenvalue weighted by Crippen LogP contribution is -2.33. The van der Waals surface area contributed by atoms with Crippen LogP contribution in [0.15, 0.2) is 41.7 Å². The molecule has 2 rings (SSSR count). The first-order valence-electron chi connectivity index (χ1n) is 7.16. The molecule has 7 nitrogen and oxygen atoms in total. The molecule has 0 saturated carbocycles. The molecule has 124 valence electrons. The summed E-state index contributed by atoms with van der Waals surface area (Å²) in [5.41, 5.74) is 1.19. The fourth-order valence-corrected chi connectivity index (χ4v) is 3.25. The van der Waals surface area contributed by atoms with E-state index < -0.39 is 10.0 Å². The monoisotopic (exact) mass is 336 g/mol. The number of imidazole rings is 1. The van der Waals surface area contributed by atoms with Gasteiger partial charge < -0.3 is 10.3 Å². The minimum Gasteiger partial charge on any atom is -0.347 e. The Morgan fingerprint density at radius 1 is 1.30 bits per heavy atom. The number of hydrogen-bond donors (Lipinski definition) is 2. The Balaban J connectivity index is 2.08. The van der Waals surface area contributed by atoms with Crippen LogP contribution in [0.2, 0.25) is 0 Å². The van der Waals surface area contributed by atoms with Crippen LogP contribution in [0.1, 0.15) is 29.9 Å². The van der Waals surface area contributed by atoms with Crippen molar-refractivity contribution in [3.05, 3.63) is 48.0 Å². The lowest BCUT2D eigenvalue weighted by molar-refractivity contribution is 0.0950. The van der Waals surface area contributed by atoms with Crippen molar-refractivity contribution in [2.75, 3.05) is 7.05 Å². The van der Waals surface area contributed by atoms with E-state index in [-0.39, 0.29) is 16.8 Å². The van der Waals surface area contributed by atoms with Gasteiger partial charge in [-0.25, -0.2) is 13.4 Å². The molecule has 8 heteroatoms. The number of nitrogens with one attached hydrogen (secondary N) is 2. The van der Waals surface area contributed by atoms with E-state index in [1.54, 1.807) is 20.0 Å². The molecule has 0 unspecified atom stereocenters. The summed E-state index contributed by atoms with van der Waals surface area (Å²) in [6.07, 6.45) is 3.16. The Kier molecular flexibility index (Phi) is 5.17. The highest BCUT2D eigenvalue weighted by atomic mass is 32.2. The van der Waals surface area contributed by atoms with Gasteiger partial charge in [0.15, 0.2) is 0 Å². The fourth-order valence-electron chi connectivity index (χ4n) is 1.88. The smallest absolute Gasteiger partial charge is 0.251 e. The molecule has 0 atom stereocenters. The van der Waals surface area contributed by atoms with Crippen LogP contribution < -0.4 is 5.32 Å². The lowest BCUT2D eigenvalue weighted by atomic mass is 10.2. The second-order valence-corrected chi connectivity index (χ2v) is 7.40. The molecular formula is C15H20N4O3S. The standard InChI is InChI=1S/C15H20N4O3S/c1-11(2)19(3)23(21,22)14-6-4-12(5-7-14)15(20)17-9-13-8-16-10-18-13/h4-8,10-11H,9H2,1-3H3,(H,16,18)(H,17,20). The summed E-state index contributed by atoms with van der Waals surface area (Å²) >= 11 is 0. The van der Waals surface area contributed by atoms with Gasteiger partial charge in [0.2, 0.25) is 10.0 Å². The molecule has 0 spiro atoms. The van der Waals surface area contributed by atoms with Gasteiger partial charge in [0.1, 0.15) is 0 Å². The van der Waals surface area contributed by atoms with Crippen molar-refractivity contribution in [1.82, 2.24) is 19.6 Å². The van der Waals surface area contributed by atoms with Gasteiger partial charge in [-0.15, -0.1) is 0 Å². The summed E-state index contributed by atoms with van der Waals surface area (Å²) < 4.78 is 26.0. The Bertz CT molecular complexity index is 753. The summed E-state index contributed by atoms with van der Waals surface area (Å²) in [7, 11) is -2.01. The minimum absolute atomic E-state index is 0.141. The molecule has 1 heterocycles. The normalized spacial score (nSPS) is 11.9. The summed E-state index contributed by atoms with van der Waals surface area (Å²) in [4.78, 5) is 19.0. The van der Waals surface area contributed by atoms with E-state index in [1.807, 2.05) is 0 Å². The van der Waals surface area contributed by atoms with E-state index in [2.05, 4.69) is 15.3 Å². The molecule has 23 heavy (non-hydrogen) atoms. The highest BCUT2D eigenvalue weighted by molar-refractivity contribution is 7.89. The molecule has 0 aliphatic carbocycles. The number of amides is 1. The lowest BCUT2D eigenvalue weighted by Gasteiger charge is -2.21. The molecule has 0 saturated heterocycles. The van der Waals surface area contributed by atoms with E-state index in [1.165, 1.54) is 41.9 Å². The molecular weight excluding hydrogens is 316 g/mol. The van der Waals surface area contributed by atoms with Gasteiger partial charge in [-0.2, -0.15) is 4.31 Å². The maximum atomic E-state index is 12.4. The number of carbonyl (C=O) groups is 1. The average molecular weight is 336 g/mol. The van der Waals surface area contributed by atoms with E-state index >= 15 is 0 Å². The maximum Gasteiger partial charge on any atom is 0.251 e. The van der Waals surface area contributed by atoms with Gasteiger partial charge in [0.25, 0.3) is 5.91 Å². The topological polar surface area (TPSA) is 95.2 Å². The highest BCUT2D eigenvalue weighted by Crippen LogP contribution is 2.17. The third kappa shape index (κ3) is 3.96. The Hall–Kier alpha value is -2.19. The van der Waals surface area contributed by atoms with Crippen LogP contribution in [0.25, 0.3) is 0 Å². The van der Waals surface area contributed by atoms with Crippen LogP contribution in [0.3, 0.4) is 0 Å². The zero-order valence-electron chi connectivity index (χ0n) is 13.3. The second-order valence-electron chi connectivity index (χ2n) is 5.40. The van der Waals surface area contributed by atoms with Crippen molar-refractivity contribution in [1.29, 1.82) is 0 Å². The van der Waals surface area contributed by atoms with Crippen LogP contribution in [0.5, 0.6) is 0 Å². The van der Waals surface area contributed by atoms with Crippen molar-refractivity contribution in [2.24, 2.45) is 0 Å². The number of H-pyrrole nitrogens is 1. The Labute approximate surface area is 135 Å². The van der Waals surface area contributed by atoms with Crippen molar-refractivity contribution < 1.29 is 13.2 Å². The summed E-state index contributed by atoms with van der Waals surface area (Å²) in [6.45, 7) is 3.93. The molecule has 1 aromatic heterocycles. The van der Waals surface area contributed by atoms with Gasteiger partial charge >= 0.3 is 0 Å². The number of rotatable bonds is 6. The van der Waals surface area contributed by atoms with Crippen LogP contribution in [-0.2, 0) is 16.6 Å². The summed E-state index contributed by atoms with van der Waals surface area (Å²) in [5.74, 6) is -0.277. The number of nitrogens with zero attached hydrogens (tertiary/aromatic N) is 2. The van der Waals surface area contributed by atoms with Crippen LogP contribution in [0, 0.1) is 0 Å². The van der Waals surface area contributed by atoms with E-state index in [9.17, 15) is 13.2 Å². The predicted molar refractivity (Wildman–Crippen MR) is 86.3 cm³/mol. The maximum absolute atomic E-state index is 12.4. The number of carbonyl (C=O) groups excluding carboxylic acids is 1. The number of sulfonamides is 1. The highest BCUT2D eigenvalue weighted by Gasteiger charge is 2.23. The molecule has 0 radical (unpaired) electrons. The Morgan fingerprint density at radius 3 is 2.48 bits per heavy atom. The van der Waals surface area contributed by atoms with E-state index in [0.29, 0.717) is 12.1 Å². The van der Waals surface area contributed by atoms with Crippen molar-refractivity contribution >= 4 is 15.9 Å². The Morgan fingerprint density at radius 2 is 1.96 bits per heavy atom. The first kappa shape index (κ1) is 17.2. The van der Waals surface area contributed by atoms with Gasteiger partial charge in [0.05, 0.1) is 23.5 Å². The molecule has 0 aliphatic rings. The predicted octanol–water partition coefficient (Wildman–Crippen LogP) is 1.37. The van der Waals surface area contributed by atoms with E-state index in [4.69, 9.17) is 0 Å². The summed E-state index contributed by atoms with van der Waals surface area (Å²) in [5, 5.41) is 2.73. The van der Waals surface area contributed by atoms with E-state index in [0.717, 1.165) is 5.69 Å². The van der Waals surface area contributed by atoms with Gasteiger partial charge in [-0.3, -0.25) is 4.79 Å². The largest absolute Gasteiger partial charge is 0.347 e. The van der Waals surface area contributed by atoms with Gasteiger partial charge in [-0.1, -0.05) is 0 Å². The number of hydrogen-bond acceptors (Lipinski definition) is 4. The van der Waals surface area contributed by atoms with Gasteiger partial charge in [0, 0.05) is 24.8 Å². The van der Waals surface area contributed by atoms with Gasteiger partial charge in [-0.05, 0) is 38.1 Å². The quantitative estimate of drug-likeness (QED) is 0.833. The number of aromatic nitrogens is 2. The molecule has 1 aromatic carbocycles. The first-order chi connectivity index (χ1) is 10.8. The zero-order chi connectivity index (χ0) is 17.0. The molecule has 0 fully saturated rings. The number of benzene rings is 1. The molecule has 2 aromatic rings. The molecule has 1 amide bonds. The first-order valence-corrected chi connectivity index (χ1v) is 8.60. The van der Waals surface area contributed by atoms with Crippen LogP contribution >= 0.6 is 0 Å². The van der Waals surface area contributed by atoms with Crippen molar-refractivity contribution in [3.8, 4) is 0 Å².